The Kier molecular flexibility index (Phi) is 4.46. The third-order valence-electron chi connectivity index (χ3n) is 3.42. The van der Waals surface area contributed by atoms with Gasteiger partial charge in [-0.25, -0.2) is 0 Å². The Bertz CT molecular complexity index is 383. The van der Waals surface area contributed by atoms with E-state index in [4.69, 9.17) is 17.0 Å². The summed E-state index contributed by atoms with van der Waals surface area (Å²) < 4.78 is 0.831. The van der Waals surface area contributed by atoms with E-state index in [2.05, 4.69) is 11.0 Å². The summed E-state index contributed by atoms with van der Waals surface area (Å²) in [5.74, 6) is 1.28. The zero-order chi connectivity index (χ0) is 12.3. The van der Waals surface area contributed by atoms with Crippen molar-refractivity contribution in [2.24, 2.45) is 5.92 Å². The second-order valence-corrected chi connectivity index (χ2v) is 6.58. The largest absolute Gasteiger partial charge is 0.358 e. The van der Waals surface area contributed by atoms with Gasteiger partial charge in [0.1, 0.15) is 0 Å². The summed E-state index contributed by atoms with van der Waals surface area (Å²) in [6, 6.07) is 3.98. The Labute approximate surface area is 112 Å². The van der Waals surface area contributed by atoms with Crippen LogP contribution in [0.4, 0.5) is 0 Å². The van der Waals surface area contributed by atoms with Gasteiger partial charge >= 0.3 is 0 Å². The quantitative estimate of drug-likeness (QED) is 0.640. The highest BCUT2D eigenvalue weighted by Gasteiger charge is 2.20. The molecule has 4 heteroatoms. The predicted octanol–water partition coefficient (Wildman–Crippen LogP) is 4.39. The van der Waals surface area contributed by atoms with E-state index in [1.807, 2.05) is 13.1 Å². The lowest BCUT2D eigenvalue weighted by Crippen LogP contribution is -2.32. The van der Waals surface area contributed by atoms with Gasteiger partial charge in [0, 0.05) is 17.8 Å². The number of rotatable bonds is 3. The Morgan fingerprint density at radius 1 is 1.41 bits per heavy atom. The smallest absolute Gasteiger partial charge is 0.0990 e. The normalized spacial score (nSPS) is 17.1. The van der Waals surface area contributed by atoms with Crippen molar-refractivity contribution in [2.75, 3.05) is 7.05 Å². The van der Waals surface area contributed by atoms with Crippen LogP contribution in [0.15, 0.2) is 12.1 Å². The van der Waals surface area contributed by atoms with Crippen molar-refractivity contribution in [3.8, 4) is 0 Å². The molecule has 1 saturated carbocycles. The molecule has 1 aromatic rings. The molecule has 0 radical (unpaired) electrons. The Hall–Kier alpha value is -0.540. The summed E-state index contributed by atoms with van der Waals surface area (Å²) in [4.78, 5) is 3.30. The van der Waals surface area contributed by atoms with Gasteiger partial charge in [-0.3, -0.25) is 5.41 Å². The first-order valence-electron chi connectivity index (χ1n) is 6.20. The third kappa shape index (κ3) is 3.46. The molecule has 1 aliphatic rings. The summed E-state index contributed by atoms with van der Waals surface area (Å²) in [7, 11) is 2.02. The second-order valence-electron chi connectivity index (χ2n) is 4.78. The minimum Gasteiger partial charge on any atom is -0.358 e. The van der Waals surface area contributed by atoms with E-state index in [0.717, 1.165) is 16.7 Å². The van der Waals surface area contributed by atoms with Crippen molar-refractivity contribution in [1.29, 1.82) is 5.41 Å². The first-order chi connectivity index (χ1) is 8.16. The number of hydrogen-bond donors (Lipinski definition) is 1. The van der Waals surface area contributed by atoms with E-state index in [0.29, 0.717) is 5.92 Å². The average molecular weight is 271 g/mol. The van der Waals surface area contributed by atoms with Crippen LogP contribution in [0.3, 0.4) is 0 Å². The number of hydrogen-bond acceptors (Lipinski definition) is 2. The SMILES string of the molecule is CN(Cc1ccc(Cl)s1)C(=N)C1CCCCC1. The maximum absolute atomic E-state index is 8.24. The summed E-state index contributed by atoms with van der Waals surface area (Å²) in [6.07, 6.45) is 6.29. The van der Waals surface area contributed by atoms with Crippen LogP contribution < -0.4 is 0 Å². The van der Waals surface area contributed by atoms with Gasteiger partial charge in [0.25, 0.3) is 0 Å². The van der Waals surface area contributed by atoms with Gasteiger partial charge in [0.2, 0.25) is 0 Å². The molecule has 17 heavy (non-hydrogen) atoms. The van der Waals surface area contributed by atoms with Crippen LogP contribution in [0.5, 0.6) is 0 Å². The van der Waals surface area contributed by atoms with E-state index >= 15 is 0 Å². The van der Waals surface area contributed by atoms with Gasteiger partial charge in [0.15, 0.2) is 0 Å². The fraction of sp³-hybridized carbons (Fsp3) is 0.615. The standard InChI is InChI=1S/C13H19ClN2S/c1-16(9-11-7-8-12(14)17-11)13(15)10-5-3-2-4-6-10/h7-8,10,15H,2-6,9H2,1H3. The number of nitrogens with zero attached hydrogens (tertiary/aromatic N) is 1. The summed E-state index contributed by atoms with van der Waals surface area (Å²) in [5.41, 5.74) is 0. The van der Waals surface area contributed by atoms with Crippen LogP contribution in [-0.2, 0) is 6.54 Å². The Balaban J connectivity index is 1.90. The van der Waals surface area contributed by atoms with Gasteiger partial charge in [0.05, 0.1) is 16.7 Å². The molecule has 0 aliphatic heterocycles. The average Bonchev–Trinajstić information content (AvgIpc) is 2.75. The van der Waals surface area contributed by atoms with E-state index < -0.39 is 0 Å². The lowest BCUT2D eigenvalue weighted by atomic mass is 9.88. The molecule has 0 amide bonds. The first-order valence-corrected chi connectivity index (χ1v) is 7.40. The van der Waals surface area contributed by atoms with Gasteiger partial charge in [-0.15, -0.1) is 11.3 Å². The van der Waals surface area contributed by atoms with Gasteiger partial charge in [-0.1, -0.05) is 30.9 Å². The van der Waals surface area contributed by atoms with E-state index in [1.54, 1.807) is 11.3 Å². The van der Waals surface area contributed by atoms with E-state index in [9.17, 15) is 0 Å². The molecule has 0 spiro atoms. The first kappa shape index (κ1) is 12.9. The highest BCUT2D eigenvalue weighted by atomic mass is 35.5. The van der Waals surface area contributed by atoms with Crippen molar-refractivity contribution >= 4 is 28.8 Å². The Morgan fingerprint density at radius 2 is 2.12 bits per heavy atom. The molecule has 94 valence electrons. The zero-order valence-electron chi connectivity index (χ0n) is 10.2. The molecular formula is C13H19ClN2S. The molecule has 0 atom stereocenters. The molecule has 0 unspecified atom stereocenters. The highest BCUT2D eigenvalue weighted by Crippen LogP contribution is 2.27. The number of nitrogens with one attached hydrogen (secondary N) is 1. The molecule has 1 N–H and O–H groups in total. The summed E-state index contributed by atoms with van der Waals surface area (Å²) >= 11 is 7.53. The molecular weight excluding hydrogens is 252 g/mol. The van der Waals surface area contributed by atoms with Gasteiger partial charge in [-0.2, -0.15) is 0 Å². The fourth-order valence-electron chi connectivity index (χ4n) is 2.44. The van der Waals surface area contributed by atoms with Crippen LogP contribution >= 0.6 is 22.9 Å². The molecule has 1 aliphatic carbocycles. The molecule has 0 aromatic carbocycles. The topological polar surface area (TPSA) is 27.1 Å². The number of thiophene rings is 1. The lowest BCUT2D eigenvalue weighted by Gasteiger charge is -2.28. The summed E-state index contributed by atoms with van der Waals surface area (Å²) in [5, 5.41) is 8.24. The van der Waals surface area contributed by atoms with Gasteiger partial charge < -0.3 is 4.90 Å². The predicted molar refractivity (Wildman–Crippen MR) is 75.1 cm³/mol. The van der Waals surface area contributed by atoms with Crippen molar-refractivity contribution < 1.29 is 0 Å². The van der Waals surface area contributed by atoms with Crippen molar-refractivity contribution in [1.82, 2.24) is 4.90 Å². The fourth-order valence-corrected chi connectivity index (χ4v) is 3.58. The monoisotopic (exact) mass is 270 g/mol. The van der Waals surface area contributed by atoms with Crippen molar-refractivity contribution in [3.63, 3.8) is 0 Å². The highest BCUT2D eigenvalue weighted by molar-refractivity contribution is 7.16. The lowest BCUT2D eigenvalue weighted by molar-refractivity contribution is 0.384. The van der Waals surface area contributed by atoms with Crippen LogP contribution in [0.2, 0.25) is 4.34 Å². The minimum absolute atomic E-state index is 0.476. The molecule has 1 aromatic heterocycles. The third-order valence-corrected chi connectivity index (χ3v) is 4.64. The molecule has 2 nitrogen and oxygen atoms in total. The molecule has 1 heterocycles. The van der Waals surface area contributed by atoms with Crippen LogP contribution in [0.1, 0.15) is 37.0 Å². The zero-order valence-corrected chi connectivity index (χ0v) is 11.8. The second kappa shape index (κ2) is 5.87. The van der Waals surface area contributed by atoms with Crippen LogP contribution in [0, 0.1) is 11.3 Å². The van der Waals surface area contributed by atoms with Crippen LogP contribution in [-0.4, -0.2) is 17.8 Å². The van der Waals surface area contributed by atoms with Gasteiger partial charge in [-0.05, 0) is 25.0 Å². The molecule has 0 bridgehead atoms. The van der Waals surface area contributed by atoms with E-state index in [-0.39, 0.29) is 0 Å². The Morgan fingerprint density at radius 3 is 2.71 bits per heavy atom. The van der Waals surface area contributed by atoms with Crippen molar-refractivity contribution in [2.45, 2.75) is 38.6 Å². The maximum Gasteiger partial charge on any atom is 0.0990 e. The van der Waals surface area contributed by atoms with Crippen LogP contribution in [0.25, 0.3) is 0 Å². The molecule has 0 saturated heterocycles. The number of halogens is 1. The maximum atomic E-state index is 8.24. The van der Waals surface area contributed by atoms with E-state index in [1.165, 1.54) is 37.0 Å². The number of amidine groups is 1. The molecule has 2 rings (SSSR count). The summed E-state index contributed by atoms with van der Waals surface area (Å²) in [6.45, 7) is 0.812. The van der Waals surface area contributed by atoms with Crippen molar-refractivity contribution in [3.05, 3.63) is 21.3 Å². The molecule has 1 fully saturated rings. The minimum atomic E-state index is 0.476.